The molecule has 19 heavy (non-hydrogen) atoms. The molecule has 0 bridgehead atoms. The molecule has 108 valence electrons. The average Bonchev–Trinajstić information content (AvgIpc) is 2.45. The lowest BCUT2D eigenvalue weighted by Gasteiger charge is -2.23. The van der Waals surface area contributed by atoms with Gasteiger partial charge in [0.15, 0.2) is 0 Å². The van der Waals surface area contributed by atoms with E-state index in [1.165, 1.54) is 0 Å². The summed E-state index contributed by atoms with van der Waals surface area (Å²) < 4.78 is 16.6. The molecule has 1 aromatic rings. The van der Waals surface area contributed by atoms with Crippen molar-refractivity contribution in [3.63, 3.8) is 0 Å². The average molecular weight is 267 g/mol. The zero-order valence-electron chi connectivity index (χ0n) is 12.3. The van der Waals surface area contributed by atoms with Crippen LogP contribution in [0.2, 0.25) is 0 Å². The molecule has 0 saturated carbocycles. The maximum Gasteiger partial charge on any atom is 0.118 e. The van der Waals surface area contributed by atoms with Gasteiger partial charge in [-0.25, -0.2) is 0 Å². The Morgan fingerprint density at radius 2 is 1.89 bits per heavy atom. The summed E-state index contributed by atoms with van der Waals surface area (Å²) in [7, 11) is 3.59. The first kappa shape index (κ1) is 16.0. The third-order valence-corrected chi connectivity index (χ3v) is 2.83. The standard InChI is InChI=1S/C15H25NO3/c1-5-18-11-12(2)19-15(10-16-3)13-6-8-14(17-4)9-7-13/h6-9,12,15-16H,5,10-11H2,1-4H3. The van der Waals surface area contributed by atoms with Crippen LogP contribution in [0.15, 0.2) is 24.3 Å². The van der Waals surface area contributed by atoms with E-state index in [1.807, 2.05) is 45.2 Å². The molecule has 2 unspecified atom stereocenters. The lowest BCUT2D eigenvalue weighted by Crippen LogP contribution is -2.26. The van der Waals surface area contributed by atoms with Gasteiger partial charge in [0.05, 0.1) is 25.9 Å². The SMILES string of the molecule is CCOCC(C)OC(CNC)c1ccc(OC)cc1. The van der Waals surface area contributed by atoms with Crippen LogP contribution in [0.3, 0.4) is 0 Å². The van der Waals surface area contributed by atoms with Gasteiger partial charge in [-0.05, 0) is 38.6 Å². The number of ether oxygens (including phenoxy) is 3. The molecule has 4 nitrogen and oxygen atoms in total. The summed E-state index contributed by atoms with van der Waals surface area (Å²) in [5.41, 5.74) is 1.14. The Morgan fingerprint density at radius 3 is 2.42 bits per heavy atom. The van der Waals surface area contributed by atoms with Crippen molar-refractivity contribution >= 4 is 0 Å². The molecule has 1 aromatic carbocycles. The van der Waals surface area contributed by atoms with Gasteiger partial charge >= 0.3 is 0 Å². The molecule has 4 heteroatoms. The smallest absolute Gasteiger partial charge is 0.118 e. The van der Waals surface area contributed by atoms with Gasteiger partial charge in [-0.1, -0.05) is 12.1 Å². The van der Waals surface area contributed by atoms with E-state index in [0.29, 0.717) is 13.2 Å². The highest BCUT2D eigenvalue weighted by molar-refractivity contribution is 5.28. The lowest BCUT2D eigenvalue weighted by molar-refractivity contribution is -0.0464. The van der Waals surface area contributed by atoms with E-state index in [2.05, 4.69) is 5.32 Å². The molecule has 0 amide bonds. The van der Waals surface area contributed by atoms with Crippen LogP contribution in [-0.2, 0) is 9.47 Å². The number of methoxy groups -OCH3 is 1. The predicted octanol–water partition coefficient (Wildman–Crippen LogP) is 2.40. The summed E-state index contributed by atoms with van der Waals surface area (Å²) >= 11 is 0. The Balaban J connectivity index is 2.64. The Kier molecular flexibility index (Phi) is 7.48. The first-order valence-electron chi connectivity index (χ1n) is 6.73. The maximum absolute atomic E-state index is 6.02. The van der Waals surface area contributed by atoms with Gasteiger partial charge in [0.25, 0.3) is 0 Å². The predicted molar refractivity (Wildman–Crippen MR) is 76.7 cm³/mol. The van der Waals surface area contributed by atoms with Crippen LogP contribution in [0.25, 0.3) is 0 Å². The molecular weight excluding hydrogens is 242 g/mol. The fraction of sp³-hybridized carbons (Fsp3) is 0.600. The summed E-state index contributed by atoms with van der Waals surface area (Å²) in [5, 5.41) is 3.16. The molecule has 2 atom stereocenters. The van der Waals surface area contributed by atoms with E-state index in [1.54, 1.807) is 7.11 Å². The van der Waals surface area contributed by atoms with Crippen LogP contribution in [0.1, 0.15) is 25.5 Å². The van der Waals surface area contributed by atoms with Crippen LogP contribution in [-0.4, -0.2) is 40.0 Å². The summed E-state index contributed by atoms with van der Waals surface area (Å²) in [5.74, 6) is 0.856. The van der Waals surface area contributed by atoms with Crippen LogP contribution < -0.4 is 10.1 Å². The summed E-state index contributed by atoms with van der Waals surface area (Å²) in [6, 6.07) is 7.98. The van der Waals surface area contributed by atoms with Crippen molar-refractivity contribution in [1.82, 2.24) is 5.32 Å². The number of nitrogens with one attached hydrogen (secondary N) is 1. The highest BCUT2D eigenvalue weighted by Gasteiger charge is 2.15. The number of rotatable bonds is 9. The minimum absolute atomic E-state index is 0.0198. The van der Waals surface area contributed by atoms with E-state index in [-0.39, 0.29) is 12.2 Å². The van der Waals surface area contributed by atoms with Gasteiger partial charge in [-0.3, -0.25) is 0 Å². The second kappa shape index (κ2) is 8.91. The normalized spacial score (nSPS) is 14.1. The zero-order chi connectivity index (χ0) is 14.1. The molecule has 0 spiro atoms. The Hall–Kier alpha value is -1.10. The Bertz CT molecular complexity index is 340. The van der Waals surface area contributed by atoms with Crippen LogP contribution in [0, 0.1) is 0 Å². The number of benzene rings is 1. The lowest BCUT2D eigenvalue weighted by atomic mass is 10.1. The van der Waals surface area contributed by atoms with Gasteiger partial charge in [0.2, 0.25) is 0 Å². The second-order valence-electron chi connectivity index (χ2n) is 4.43. The van der Waals surface area contributed by atoms with Gasteiger partial charge in [0.1, 0.15) is 5.75 Å². The van der Waals surface area contributed by atoms with Gasteiger partial charge < -0.3 is 19.5 Å². The van der Waals surface area contributed by atoms with Gasteiger partial charge in [0, 0.05) is 13.2 Å². The minimum atomic E-state index is 0.0198. The summed E-state index contributed by atoms with van der Waals surface area (Å²) in [4.78, 5) is 0. The molecule has 0 aliphatic rings. The molecule has 0 heterocycles. The molecule has 0 radical (unpaired) electrons. The molecule has 0 aliphatic carbocycles. The van der Waals surface area contributed by atoms with Gasteiger partial charge in [-0.15, -0.1) is 0 Å². The third-order valence-electron chi connectivity index (χ3n) is 2.83. The quantitative estimate of drug-likeness (QED) is 0.746. The number of hydrogen-bond donors (Lipinski definition) is 1. The Morgan fingerprint density at radius 1 is 1.21 bits per heavy atom. The summed E-state index contributed by atoms with van der Waals surface area (Å²) in [6.07, 6.45) is 0.0896. The molecule has 0 fully saturated rings. The van der Waals surface area contributed by atoms with E-state index >= 15 is 0 Å². The van der Waals surface area contributed by atoms with Crippen molar-refractivity contribution in [1.29, 1.82) is 0 Å². The fourth-order valence-electron chi connectivity index (χ4n) is 1.85. The van der Waals surface area contributed by atoms with Crippen LogP contribution in [0.4, 0.5) is 0 Å². The topological polar surface area (TPSA) is 39.7 Å². The van der Waals surface area contributed by atoms with E-state index < -0.39 is 0 Å². The van der Waals surface area contributed by atoms with E-state index in [4.69, 9.17) is 14.2 Å². The van der Waals surface area contributed by atoms with E-state index in [9.17, 15) is 0 Å². The molecule has 0 aliphatic heterocycles. The zero-order valence-corrected chi connectivity index (χ0v) is 12.3. The van der Waals surface area contributed by atoms with Crippen molar-refractivity contribution in [2.75, 3.05) is 33.9 Å². The molecule has 0 aromatic heterocycles. The maximum atomic E-state index is 6.02. The number of likely N-dealkylation sites (N-methyl/N-ethyl adjacent to an activating group) is 1. The number of hydrogen-bond acceptors (Lipinski definition) is 4. The van der Waals surface area contributed by atoms with E-state index in [0.717, 1.165) is 17.9 Å². The first-order valence-corrected chi connectivity index (χ1v) is 6.73. The Labute approximate surface area is 116 Å². The third kappa shape index (κ3) is 5.59. The minimum Gasteiger partial charge on any atom is -0.497 e. The largest absolute Gasteiger partial charge is 0.497 e. The highest BCUT2D eigenvalue weighted by atomic mass is 16.5. The van der Waals surface area contributed by atoms with Crippen LogP contribution >= 0.6 is 0 Å². The molecule has 1 N–H and O–H groups in total. The first-order chi connectivity index (χ1) is 9.21. The molecule has 0 saturated heterocycles. The van der Waals surface area contributed by atoms with Crippen molar-refractivity contribution in [3.05, 3.63) is 29.8 Å². The van der Waals surface area contributed by atoms with Crippen LogP contribution in [0.5, 0.6) is 5.75 Å². The van der Waals surface area contributed by atoms with Crippen molar-refractivity contribution in [2.24, 2.45) is 0 Å². The highest BCUT2D eigenvalue weighted by Crippen LogP contribution is 2.21. The second-order valence-corrected chi connectivity index (χ2v) is 4.43. The van der Waals surface area contributed by atoms with Crippen molar-refractivity contribution in [2.45, 2.75) is 26.1 Å². The molecule has 1 rings (SSSR count). The monoisotopic (exact) mass is 267 g/mol. The van der Waals surface area contributed by atoms with Crippen molar-refractivity contribution < 1.29 is 14.2 Å². The van der Waals surface area contributed by atoms with Gasteiger partial charge in [-0.2, -0.15) is 0 Å². The fourth-order valence-corrected chi connectivity index (χ4v) is 1.85. The van der Waals surface area contributed by atoms with Crippen molar-refractivity contribution in [3.8, 4) is 5.75 Å². The molecular formula is C15H25NO3. The summed E-state index contributed by atoms with van der Waals surface area (Å²) in [6.45, 7) is 6.12.